The van der Waals surface area contributed by atoms with Gasteiger partial charge in [-0.25, -0.2) is 9.59 Å². The highest BCUT2D eigenvalue weighted by atomic mass is 16.5. The summed E-state index contributed by atoms with van der Waals surface area (Å²) in [7, 11) is 2.37. The molecular weight excluding hydrogens is 248 g/mol. The maximum Gasteiger partial charge on any atom is 0.345 e. The molecule has 5 nitrogen and oxygen atoms in total. The molecule has 0 aliphatic rings. The van der Waals surface area contributed by atoms with Crippen molar-refractivity contribution in [3.05, 3.63) is 34.4 Å². The molecule has 0 amide bonds. The van der Waals surface area contributed by atoms with Crippen LogP contribution in [-0.2, 0) is 19.1 Å². The summed E-state index contributed by atoms with van der Waals surface area (Å²) < 4.78 is 9.07. The third-order valence-corrected chi connectivity index (χ3v) is 2.64. The van der Waals surface area contributed by atoms with Gasteiger partial charge in [0, 0.05) is 0 Å². The fourth-order valence-corrected chi connectivity index (χ4v) is 1.66. The summed E-state index contributed by atoms with van der Waals surface area (Å²) >= 11 is 0. The van der Waals surface area contributed by atoms with Crippen molar-refractivity contribution in [1.29, 1.82) is 0 Å². The van der Waals surface area contributed by atoms with E-state index in [0.29, 0.717) is 16.7 Å². The van der Waals surface area contributed by atoms with Crippen LogP contribution in [0.2, 0.25) is 0 Å². The number of aromatic hydroxyl groups is 1. The summed E-state index contributed by atoms with van der Waals surface area (Å²) in [4.78, 5) is 23.0. The Morgan fingerprint density at radius 2 is 1.47 bits per heavy atom. The quantitative estimate of drug-likeness (QED) is 0.389. The molecule has 102 valence electrons. The van der Waals surface area contributed by atoms with E-state index in [-0.39, 0.29) is 11.3 Å². The molecule has 0 atom stereocenters. The Morgan fingerprint density at radius 3 is 1.84 bits per heavy atom. The topological polar surface area (TPSA) is 72.8 Å². The lowest BCUT2D eigenvalue weighted by Crippen LogP contribution is -2.15. The van der Waals surface area contributed by atoms with Gasteiger partial charge in [0.2, 0.25) is 0 Å². The zero-order chi connectivity index (χ0) is 14.6. The molecule has 19 heavy (non-hydrogen) atoms. The van der Waals surface area contributed by atoms with E-state index in [1.807, 2.05) is 0 Å². The second kappa shape index (κ2) is 6.04. The highest BCUT2D eigenvalue weighted by molar-refractivity contribution is 6.17. The van der Waals surface area contributed by atoms with Gasteiger partial charge in [-0.15, -0.1) is 0 Å². The number of phenols is 1. The van der Waals surface area contributed by atoms with Crippen LogP contribution in [0.4, 0.5) is 0 Å². The molecule has 0 aromatic heterocycles. The summed E-state index contributed by atoms with van der Waals surface area (Å²) in [5.74, 6) is -1.35. The molecule has 0 aliphatic carbocycles. The lowest BCUT2D eigenvalue weighted by atomic mass is 10.0. The summed E-state index contributed by atoms with van der Waals surface area (Å²) in [6.07, 6.45) is 1.37. The molecule has 0 spiro atoms. The van der Waals surface area contributed by atoms with Crippen molar-refractivity contribution in [3.63, 3.8) is 0 Å². The van der Waals surface area contributed by atoms with Crippen LogP contribution >= 0.6 is 0 Å². The summed E-state index contributed by atoms with van der Waals surface area (Å²) in [6, 6.07) is 3.32. The normalized spacial score (nSPS) is 9.68. The summed E-state index contributed by atoms with van der Waals surface area (Å²) in [5.41, 5.74) is 1.72. The molecule has 0 heterocycles. The van der Waals surface area contributed by atoms with E-state index >= 15 is 0 Å². The molecule has 0 saturated heterocycles. The molecule has 0 unspecified atom stereocenters. The van der Waals surface area contributed by atoms with Crippen molar-refractivity contribution in [2.45, 2.75) is 13.8 Å². The standard InChI is InChI=1S/C14H16O5/c1-8-5-10(6-9(2)12(8)15)7-11(13(16)18-3)14(17)19-4/h5-7,15H,1-4H3. The van der Waals surface area contributed by atoms with Crippen LogP contribution in [0.5, 0.6) is 5.75 Å². The first-order valence-corrected chi connectivity index (χ1v) is 5.59. The predicted molar refractivity (Wildman–Crippen MR) is 69.6 cm³/mol. The lowest BCUT2D eigenvalue weighted by Gasteiger charge is -2.07. The molecule has 1 aromatic rings. The summed E-state index contributed by atoms with van der Waals surface area (Å²) in [5, 5.41) is 9.67. The van der Waals surface area contributed by atoms with E-state index in [4.69, 9.17) is 0 Å². The van der Waals surface area contributed by atoms with Crippen molar-refractivity contribution in [1.82, 2.24) is 0 Å². The number of aryl methyl sites for hydroxylation is 2. The van der Waals surface area contributed by atoms with Gasteiger partial charge < -0.3 is 14.6 Å². The van der Waals surface area contributed by atoms with Crippen LogP contribution in [0.15, 0.2) is 17.7 Å². The van der Waals surface area contributed by atoms with E-state index in [1.54, 1.807) is 26.0 Å². The smallest absolute Gasteiger partial charge is 0.345 e. The van der Waals surface area contributed by atoms with Crippen molar-refractivity contribution >= 4 is 18.0 Å². The zero-order valence-corrected chi connectivity index (χ0v) is 11.3. The molecule has 5 heteroatoms. The average molecular weight is 264 g/mol. The molecule has 1 N–H and O–H groups in total. The maximum atomic E-state index is 11.5. The maximum absolute atomic E-state index is 11.5. The Hall–Kier alpha value is -2.30. The van der Waals surface area contributed by atoms with Crippen LogP contribution in [0.3, 0.4) is 0 Å². The number of carbonyl (C=O) groups excluding carboxylic acids is 2. The Kier molecular flexibility index (Phi) is 4.69. The monoisotopic (exact) mass is 264 g/mol. The van der Waals surface area contributed by atoms with Gasteiger partial charge in [-0.3, -0.25) is 0 Å². The SMILES string of the molecule is COC(=O)C(=Cc1cc(C)c(O)c(C)c1)C(=O)OC. The van der Waals surface area contributed by atoms with Crippen molar-refractivity contribution < 1.29 is 24.2 Å². The number of benzene rings is 1. The van der Waals surface area contributed by atoms with Gasteiger partial charge in [0.05, 0.1) is 14.2 Å². The van der Waals surface area contributed by atoms with Gasteiger partial charge in [0.15, 0.2) is 0 Å². The third kappa shape index (κ3) is 3.34. The largest absolute Gasteiger partial charge is 0.507 e. The lowest BCUT2D eigenvalue weighted by molar-refractivity contribution is -0.143. The van der Waals surface area contributed by atoms with E-state index in [2.05, 4.69) is 9.47 Å². The Balaban J connectivity index is 3.30. The van der Waals surface area contributed by atoms with E-state index in [0.717, 1.165) is 0 Å². The fraction of sp³-hybridized carbons (Fsp3) is 0.286. The minimum atomic E-state index is -0.768. The van der Waals surface area contributed by atoms with E-state index < -0.39 is 11.9 Å². The van der Waals surface area contributed by atoms with Crippen LogP contribution in [0, 0.1) is 13.8 Å². The zero-order valence-electron chi connectivity index (χ0n) is 11.3. The molecule has 0 aliphatic heterocycles. The number of hydrogen-bond donors (Lipinski definition) is 1. The molecule has 1 aromatic carbocycles. The molecule has 0 saturated carbocycles. The van der Waals surface area contributed by atoms with Crippen molar-refractivity contribution in [2.24, 2.45) is 0 Å². The molecule has 0 bridgehead atoms. The Morgan fingerprint density at radius 1 is 1.05 bits per heavy atom. The van der Waals surface area contributed by atoms with Gasteiger partial charge in [-0.2, -0.15) is 0 Å². The Labute approximate surface area is 111 Å². The minimum Gasteiger partial charge on any atom is -0.507 e. The number of rotatable bonds is 3. The number of hydrogen-bond acceptors (Lipinski definition) is 5. The number of phenolic OH excluding ortho intramolecular Hbond substituents is 1. The highest BCUT2D eigenvalue weighted by Crippen LogP contribution is 2.24. The van der Waals surface area contributed by atoms with Crippen molar-refractivity contribution in [3.8, 4) is 5.75 Å². The second-order valence-corrected chi connectivity index (χ2v) is 4.04. The van der Waals surface area contributed by atoms with Gasteiger partial charge in [-0.05, 0) is 48.7 Å². The van der Waals surface area contributed by atoms with E-state index in [1.165, 1.54) is 20.3 Å². The van der Waals surface area contributed by atoms with Crippen LogP contribution < -0.4 is 0 Å². The first kappa shape index (κ1) is 14.8. The van der Waals surface area contributed by atoms with E-state index in [9.17, 15) is 14.7 Å². The van der Waals surface area contributed by atoms with Crippen molar-refractivity contribution in [2.75, 3.05) is 14.2 Å². The fourth-order valence-electron chi connectivity index (χ4n) is 1.66. The molecular formula is C14H16O5. The van der Waals surface area contributed by atoms with Gasteiger partial charge in [0.1, 0.15) is 11.3 Å². The second-order valence-electron chi connectivity index (χ2n) is 4.04. The summed E-state index contributed by atoms with van der Waals surface area (Å²) in [6.45, 7) is 3.46. The molecule has 1 rings (SSSR count). The number of methoxy groups -OCH3 is 2. The average Bonchev–Trinajstić information content (AvgIpc) is 2.40. The van der Waals surface area contributed by atoms with Crippen LogP contribution in [-0.4, -0.2) is 31.3 Å². The first-order valence-electron chi connectivity index (χ1n) is 5.59. The molecule has 0 fully saturated rings. The van der Waals surface area contributed by atoms with Gasteiger partial charge in [-0.1, -0.05) is 0 Å². The van der Waals surface area contributed by atoms with Crippen LogP contribution in [0.1, 0.15) is 16.7 Å². The number of ether oxygens (including phenoxy) is 2. The third-order valence-electron chi connectivity index (χ3n) is 2.64. The molecule has 0 radical (unpaired) electrons. The number of carbonyl (C=O) groups is 2. The van der Waals surface area contributed by atoms with Gasteiger partial charge >= 0.3 is 11.9 Å². The van der Waals surface area contributed by atoms with Gasteiger partial charge in [0.25, 0.3) is 0 Å². The first-order chi connectivity index (χ1) is 8.90. The minimum absolute atomic E-state index is 0.190. The Bertz CT molecular complexity index is 502. The highest BCUT2D eigenvalue weighted by Gasteiger charge is 2.19. The number of esters is 2. The van der Waals surface area contributed by atoms with Crippen LogP contribution in [0.25, 0.3) is 6.08 Å². The predicted octanol–water partition coefficient (Wildman–Crippen LogP) is 1.74.